The van der Waals surface area contributed by atoms with Gasteiger partial charge in [0.1, 0.15) is 0 Å². The number of nitrogens with two attached hydrogens (primary N) is 1. The standard InChI is InChI=1S/C15H22N2O2S.ClH/c1-11(16)12-5-2-3-9-17(12)15(19)8-7-13(18)14-6-4-10-20-14;/h4,6,10-12H,2-3,5,7-9,16H2,1H3;1H. The second kappa shape index (κ2) is 8.51. The summed E-state index contributed by atoms with van der Waals surface area (Å²) in [4.78, 5) is 26.9. The van der Waals surface area contributed by atoms with Gasteiger partial charge in [-0.25, -0.2) is 0 Å². The van der Waals surface area contributed by atoms with Crippen molar-refractivity contribution in [3.05, 3.63) is 22.4 Å². The molecule has 1 saturated heterocycles. The van der Waals surface area contributed by atoms with Gasteiger partial charge in [0.2, 0.25) is 5.91 Å². The Balaban J connectivity index is 0.00000220. The van der Waals surface area contributed by atoms with Crippen molar-refractivity contribution in [1.29, 1.82) is 0 Å². The zero-order chi connectivity index (χ0) is 14.5. The summed E-state index contributed by atoms with van der Waals surface area (Å²) in [6.45, 7) is 2.73. The average Bonchev–Trinajstić information content (AvgIpc) is 2.98. The van der Waals surface area contributed by atoms with E-state index in [0.717, 1.165) is 30.7 Å². The van der Waals surface area contributed by atoms with Crippen molar-refractivity contribution in [1.82, 2.24) is 4.90 Å². The van der Waals surface area contributed by atoms with Crippen LogP contribution in [0, 0.1) is 0 Å². The number of halogens is 1. The maximum Gasteiger partial charge on any atom is 0.223 e. The summed E-state index contributed by atoms with van der Waals surface area (Å²) >= 11 is 1.43. The van der Waals surface area contributed by atoms with Crippen LogP contribution in [0.2, 0.25) is 0 Å². The molecule has 1 fully saturated rings. The molecule has 0 bridgehead atoms. The maximum atomic E-state index is 12.3. The Labute approximate surface area is 136 Å². The normalized spacial score (nSPS) is 19.7. The van der Waals surface area contributed by atoms with E-state index in [1.165, 1.54) is 11.3 Å². The first-order valence-electron chi connectivity index (χ1n) is 7.21. The zero-order valence-corrected chi connectivity index (χ0v) is 13.9. The van der Waals surface area contributed by atoms with Gasteiger partial charge in [0, 0.05) is 31.5 Å². The lowest BCUT2D eigenvalue weighted by Crippen LogP contribution is -2.51. The summed E-state index contributed by atoms with van der Waals surface area (Å²) in [5.41, 5.74) is 5.97. The average molecular weight is 331 g/mol. The van der Waals surface area contributed by atoms with Crippen molar-refractivity contribution in [2.75, 3.05) is 6.54 Å². The van der Waals surface area contributed by atoms with Gasteiger partial charge in [-0.05, 0) is 37.6 Å². The van der Waals surface area contributed by atoms with Crippen LogP contribution in [0.25, 0.3) is 0 Å². The van der Waals surface area contributed by atoms with E-state index < -0.39 is 0 Å². The van der Waals surface area contributed by atoms with E-state index in [4.69, 9.17) is 5.73 Å². The zero-order valence-electron chi connectivity index (χ0n) is 12.3. The summed E-state index contributed by atoms with van der Waals surface area (Å²) in [7, 11) is 0. The Morgan fingerprint density at radius 3 is 2.81 bits per heavy atom. The summed E-state index contributed by atoms with van der Waals surface area (Å²) < 4.78 is 0. The molecule has 2 atom stereocenters. The molecule has 0 spiro atoms. The molecule has 21 heavy (non-hydrogen) atoms. The summed E-state index contributed by atoms with van der Waals surface area (Å²) in [6.07, 6.45) is 3.72. The molecule has 0 aromatic carbocycles. The predicted octanol–water partition coefficient (Wildman–Crippen LogP) is 2.86. The van der Waals surface area contributed by atoms with Crippen molar-refractivity contribution < 1.29 is 9.59 Å². The van der Waals surface area contributed by atoms with Crippen LogP contribution in [0.5, 0.6) is 0 Å². The van der Waals surface area contributed by atoms with Gasteiger partial charge in [-0.3, -0.25) is 9.59 Å². The third kappa shape index (κ3) is 4.80. The largest absolute Gasteiger partial charge is 0.338 e. The van der Waals surface area contributed by atoms with Crippen LogP contribution in [-0.2, 0) is 4.79 Å². The number of nitrogens with zero attached hydrogens (tertiary/aromatic N) is 1. The fourth-order valence-electron chi connectivity index (χ4n) is 2.74. The van der Waals surface area contributed by atoms with Gasteiger partial charge in [-0.2, -0.15) is 0 Å². The monoisotopic (exact) mass is 330 g/mol. The molecule has 118 valence electrons. The van der Waals surface area contributed by atoms with Crippen LogP contribution in [0.4, 0.5) is 0 Å². The van der Waals surface area contributed by atoms with Gasteiger partial charge in [-0.1, -0.05) is 6.07 Å². The molecule has 0 radical (unpaired) electrons. The summed E-state index contributed by atoms with van der Waals surface area (Å²) in [5.74, 6) is 0.125. The fourth-order valence-corrected chi connectivity index (χ4v) is 3.43. The minimum atomic E-state index is -0.00718. The first kappa shape index (κ1) is 18.1. The number of thiophene rings is 1. The number of amides is 1. The Morgan fingerprint density at radius 1 is 1.43 bits per heavy atom. The van der Waals surface area contributed by atoms with Crippen molar-refractivity contribution in [3.63, 3.8) is 0 Å². The number of Topliss-reactive ketones (excluding diaryl/α,β-unsaturated/α-hetero) is 1. The quantitative estimate of drug-likeness (QED) is 0.844. The minimum Gasteiger partial charge on any atom is -0.338 e. The van der Waals surface area contributed by atoms with E-state index in [-0.39, 0.29) is 36.2 Å². The Hall–Kier alpha value is -0.910. The highest BCUT2D eigenvalue weighted by molar-refractivity contribution is 7.12. The first-order chi connectivity index (χ1) is 9.59. The third-order valence-electron chi connectivity index (χ3n) is 3.84. The minimum absolute atomic E-state index is 0. The molecule has 1 aliphatic heterocycles. The molecule has 2 N–H and O–H groups in total. The van der Waals surface area contributed by atoms with Crippen LogP contribution in [0.1, 0.15) is 48.7 Å². The van der Waals surface area contributed by atoms with E-state index in [1.54, 1.807) is 0 Å². The van der Waals surface area contributed by atoms with Crippen LogP contribution < -0.4 is 5.73 Å². The first-order valence-corrected chi connectivity index (χ1v) is 8.09. The number of ketones is 1. The molecule has 6 heteroatoms. The third-order valence-corrected chi connectivity index (χ3v) is 4.75. The van der Waals surface area contributed by atoms with Crippen molar-refractivity contribution in [2.24, 2.45) is 5.73 Å². The molecule has 1 aliphatic rings. The number of piperidine rings is 1. The second-order valence-electron chi connectivity index (χ2n) is 5.41. The highest BCUT2D eigenvalue weighted by Gasteiger charge is 2.29. The molecule has 0 aliphatic carbocycles. The van der Waals surface area contributed by atoms with Crippen LogP contribution >= 0.6 is 23.7 Å². The van der Waals surface area contributed by atoms with Crippen molar-refractivity contribution in [2.45, 2.75) is 51.1 Å². The van der Waals surface area contributed by atoms with E-state index >= 15 is 0 Å². The van der Waals surface area contributed by atoms with Gasteiger partial charge in [0.25, 0.3) is 0 Å². The Morgan fingerprint density at radius 2 is 2.19 bits per heavy atom. The number of hydrogen-bond donors (Lipinski definition) is 1. The van der Waals surface area contributed by atoms with Crippen LogP contribution in [-0.4, -0.2) is 35.2 Å². The van der Waals surface area contributed by atoms with Crippen LogP contribution in [0.15, 0.2) is 17.5 Å². The van der Waals surface area contributed by atoms with E-state index in [9.17, 15) is 9.59 Å². The molecule has 2 rings (SSSR count). The highest BCUT2D eigenvalue weighted by Crippen LogP contribution is 2.21. The van der Waals surface area contributed by atoms with E-state index in [2.05, 4.69) is 0 Å². The maximum absolute atomic E-state index is 12.3. The number of rotatable bonds is 5. The van der Waals surface area contributed by atoms with Gasteiger partial charge in [0.15, 0.2) is 5.78 Å². The van der Waals surface area contributed by atoms with Gasteiger partial charge in [-0.15, -0.1) is 23.7 Å². The second-order valence-corrected chi connectivity index (χ2v) is 6.36. The molecular formula is C15H23ClN2O2S. The highest BCUT2D eigenvalue weighted by atomic mass is 35.5. The molecule has 4 nitrogen and oxygen atoms in total. The van der Waals surface area contributed by atoms with Crippen molar-refractivity contribution >= 4 is 35.4 Å². The smallest absolute Gasteiger partial charge is 0.223 e. The molecule has 1 aromatic heterocycles. The molecule has 2 heterocycles. The fraction of sp³-hybridized carbons (Fsp3) is 0.600. The number of likely N-dealkylation sites (tertiary alicyclic amines) is 1. The SMILES string of the molecule is CC(N)C1CCCCN1C(=O)CCC(=O)c1cccs1.Cl. The molecule has 2 unspecified atom stereocenters. The van der Waals surface area contributed by atoms with Gasteiger partial charge in [0.05, 0.1) is 4.88 Å². The Bertz CT molecular complexity index is 462. The lowest BCUT2D eigenvalue weighted by atomic mass is 9.96. The summed E-state index contributed by atoms with van der Waals surface area (Å²) in [6, 6.07) is 3.79. The Kier molecular flexibility index (Phi) is 7.35. The van der Waals surface area contributed by atoms with E-state index in [1.807, 2.05) is 29.3 Å². The van der Waals surface area contributed by atoms with Crippen molar-refractivity contribution in [3.8, 4) is 0 Å². The van der Waals surface area contributed by atoms with Gasteiger partial charge < -0.3 is 10.6 Å². The number of hydrogen-bond acceptors (Lipinski definition) is 4. The topological polar surface area (TPSA) is 63.4 Å². The lowest BCUT2D eigenvalue weighted by molar-refractivity contribution is -0.135. The molecule has 0 saturated carbocycles. The molecule has 1 aromatic rings. The number of carbonyl (C=O) groups is 2. The van der Waals surface area contributed by atoms with Gasteiger partial charge >= 0.3 is 0 Å². The van der Waals surface area contributed by atoms with E-state index in [0.29, 0.717) is 12.8 Å². The number of carbonyl (C=O) groups excluding carboxylic acids is 2. The molecule has 1 amide bonds. The molecular weight excluding hydrogens is 308 g/mol. The predicted molar refractivity (Wildman–Crippen MR) is 88.1 cm³/mol. The van der Waals surface area contributed by atoms with Crippen LogP contribution in [0.3, 0.4) is 0 Å². The summed E-state index contributed by atoms with van der Waals surface area (Å²) in [5, 5.41) is 1.88. The lowest BCUT2D eigenvalue weighted by Gasteiger charge is -2.38.